The van der Waals surface area contributed by atoms with E-state index in [0.29, 0.717) is 6.61 Å². The molecule has 0 saturated carbocycles. The first-order valence-electron chi connectivity index (χ1n) is 9.37. The van der Waals surface area contributed by atoms with Gasteiger partial charge in [0.1, 0.15) is 0 Å². The van der Waals surface area contributed by atoms with Crippen molar-refractivity contribution in [2.75, 3.05) is 6.61 Å². The molecule has 0 aromatic carbocycles. The number of unbranched alkanes of at least 4 members (excludes halogenated alkanes) is 12. The fourth-order valence-corrected chi connectivity index (χ4v) is 2.36. The zero-order valence-corrected chi connectivity index (χ0v) is 17.6. The molecule has 0 aliphatic rings. The minimum absolute atomic E-state index is 0. The molecule has 0 fully saturated rings. The summed E-state index contributed by atoms with van der Waals surface area (Å²) in [5.74, 6) is 0. The Morgan fingerprint density at radius 3 is 1.31 bits per heavy atom. The Bertz CT molecular complexity index is 355. The zero-order valence-electron chi connectivity index (χ0n) is 16.7. The summed E-state index contributed by atoms with van der Waals surface area (Å²) in [6, 6.07) is 0. The number of hydrogen-bond acceptors (Lipinski definition) is 5. The first-order chi connectivity index (χ1) is 11.4. The summed E-state index contributed by atoms with van der Waals surface area (Å²) in [6.45, 7) is 2.64. The molecule has 0 unspecified atom stereocenters. The fourth-order valence-electron chi connectivity index (χ4n) is 2.36. The molecule has 8 heteroatoms. The van der Waals surface area contributed by atoms with Crippen LogP contribution >= 0.6 is 0 Å². The van der Waals surface area contributed by atoms with Gasteiger partial charge in [0, 0.05) is 6.61 Å². The third kappa shape index (κ3) is 49.5. The Balaban J connectivity index is -0.000000304. The van der Waals surface area contributed by atoms with Gasteiger partial charge in [-0.05, 0) is 32.1 Å². The molecular weight excluding hydrogens is 356 g/mol. The van der Waals surface area contributed by atoms with Crippen molar-refractivity contribution < 1.29 is 22.6 Å². The molecule has 26 heavy (non-hydrogen) atoms. The molecule has 0 aliphatic heterocycles. The summed E-state index contributed by atoms with van der Waals surface area (Å²) in [5.41, 5.74) is 0. The van der Waals surface area contributed by atoms with Crippen molar-refractivity contribution in [2.45, 2.75) is 96.8 Å². The van der Waals surface area contributed by atoms with Crippen LogP contribution in [0.25, 0.3) is 0 Å². The highest BCUT2D eigenvalue weighted by Gasteiger charge is 1.90. The van der Waals surface area contributed by atoms with E-state index in [0.717, 1.165) is 6.42 Å². The van der Waals surface area contributed by atoms with E-state index >= 15 is 0 Å². The summed E-state index contributed by atoms with van der Waals surface area (Å²) in [5, 5.41) is 8.66. The average molecular weight is 401 g/mol. The molecule has 0 spiro atoms. The predicted octanol–water partition coefficient (Wildman–Crippen LogP) is 5.69. The first kappa shape index (κ1) is 33.1. The second-order valence-electron chi connectivity index (χ2n) is 6.11. The molecule has 7 nitrogen and oxygen atoms in total. The lowest BCUT2D eigenvalue weighted by Gasteiger charge is -1.99. The Morgan fingerprint density at radius 2 is 0.962 bits per heavy atom. The van der Waals surface area contributed by atoms with E-state index in [9.17, 15) is 0 Å². The lowest BCUT2D eigenvalue weighted by Crippen LogP contribution is -1.89. The Kier molecular flexibility index (Phi) is 34.0. The van der Waals surface area contributed by atoms with Crippen molar-refractivity contribution in [3.8, 4) is 0 Å². The molecule has 9 N–H and O–H groups in total. The first-order valence-corrected chi connectivity index (χ1v) is 10.8. The normalized spacial score (nSPS) is 10.6. The quantitative estimate of drug-likeness (QED) is 0.134. The van der Waals surface area contributed by atoms with Crippen LogP contribution in [0, 0.1) is 0 Å². The van der Waals surface area contributed by atoms with Crippen molar-refractivity contribution in [1.82, 2.24) is 12.3 Å². The molecule has 0 aromatic rings. The Morgan fingerprint density at radius 1 is 0.654 bits per heavy atom. The smallest absolute Gasteiger partial charge is 0.394 e. The number of aliphatic hydroxyl groups excluding tert-OH is 1. The van der Waals surface area contributed by atoms with Crippen LogP contribution < -0.4 is 12.3 Å². The van der Waals surface area contributed by atoms with Gasteiger partial charge in [0.2, 0.25) is 0 Å². The van der Waals surface area contributed by atoms with Crippen LogP contribution in [0.15, 0.2) is 12.2 Å². The number of rotatable bonds is 15. The summed E-state index contributed by atoms with van der Waals surface area (Å²) >= 11 is 0. The van der Waals surface area contributed by atoms with Gasteiger partial charge in [-0.2, -0.15) is 8.42 Å². The predicted molar refractivity (Wildman–Crippen MR) is 111 cm³/mol. The van der Waals surface area contributed by atoms with Crippen molar-refractivity contribution in [3.05, 3.63) is 12.2 Å². The van der Waals surface area contributed by atoms with Crippen LogP contribution in [0.4, 0.5) is 0 Å². The van der Waals surface area contributed by atoms with E-state index < -0.39 is 10.4 Å². The summed E-state index contributed by atoms with van der Waals surface area (Å²) in [7, 11) is -4.67. The van der Waals surface area contributed by atoms with E-state index in [2.05, 4.69) is 19.1 Å². The largest absolute Gasteiger partial charge is 0.396 e. The second kappa shape index (κ2) is 26.7. The van der Waals surface area contributed by atoms with E-state index in [1.54, 1.807) is 0 Å². The highest BCUT2D eigenvalue weighted by molar-refractivity contribution is 7.79. The van der Waals surface area contributed by atoms with Crippen LogP contribution in [0.1, 0.15) is 96.8 Å². The molecule has 0 atom stereocenters. The van der Waals surface area contributed by atoms with Crippen LogP contribution in [0.5, 0.6) is 0 Å². The third-order valence-electron chi connectivity index (χ3n) is 3.67. The monoisotopic (exact) mass is 400 g/mol. The van der Waals surface area contributed by atoms with Gasteiger partial charge in [-0.3, -0.25) is 9.11 Å². The van der Waals surface area contributed by atoms with Crippen LogP contribution in [-0.2, 0) is 10.4 Å². The SMILES string of the molecule is CCCCCCCC/C=C\CCCCCCCCO.N.N.O=S(=O)(O)O. The van der Waals surface area contributed by atoms with Crippen molar-refractivity contribution in [1.29, 1.82) is 0 Å². The van der Waals surface area contributed by atoms with Gasteiger partial charge in [0.25, 0.3) is 0 Å². The molecule has 0 radical (unpaired) electrons. The average Bonchev–Trinajstić information content (AvgIpc) is 2.49. The molecule has 162 valence electrons. The Hall–Kier alpha value is -0.510. The lowest BCUT2D eigenvalue weighted by molar-refractivity contribution is 0.282. The Labute approximate surface area is 161 Å². The second-order valence-corrected chi connectivity index (χ2v) is 7.00. The minimum atomic E-state index is -4.67. The van der Waals surface area contributed by atoms with Crippen LogP contribution in [-0.4, -0.2) is 29.2 Å². The maximum Gasteiger partial charge on any atom is 0.394 e. The van der Waals surface area contributed by atoms with E-state index in [4.69, 9.17) is 22.6 Å². The summed E-state index contributed by atoms with van der Waals surface area (Å²) < 4.78 is 31.6. The molecule has 0 saturated heterocycles. The number of hydrogen-bond donors (Lipinski definition) is 5. The molecule has 0 heterocycles. The topological polar surface area (TPSA) is 165 Å². The molecule has 0 amide bonds. The van der Waals surface area contributed by atoms with Crippen LogP contribution in [0.2, 0.25) is 0 Å². The maximum absolute atomic E-state index is 8.74. The number of allylic oxidation sites excluding steroid dienone is 2. The van der Waals surface area contributed by atoms with Crippen molar-refractivity contribution in [2.24, 2.45) is 0 Å². The number of aliphatic hydroxyl groups is 1. The van der Waals surface area contributed by atoms with Crippen molar-refractivity contribution in [3.63, 3.8) is 0 Å². The molecular formula is C18H44N2O5S. The fraction of sp³-hybridized carbons (Fsp3) is 0.889. The highest BCUT2D eigenvalue weighted by atomic mass is 32.3. The molecule has 0 aliphatic carbocycles. The van der Waals surface area contributed by atoms with Crippen LogP contribution in [0.3, 0.4) is 0 Å². The minimum Gasteiger partial charge on any atom is -0.396 e. The van der Waals surface area contributed by atoms with Crippen molar-refractivity contribution >= 4 is 10.4 Å². The standard InChI is InChI=1S/C18H36O.2H3N.H2O4S/c1-2-3-4-5-6-7-8-9-10-11-12-13-14-15-16-17-18-19;;;1-5(2,3)4/h9-10,19H,2-8,11-18H2,1H3;2*1H3;(H2,1,2,3,4)/b10-9-;;;. The summed E-state index contributed by atoms with van der Waals surface area (Å²) in [6.07, 6.45) is 23.2. The van der Waals surface area contributed by atoms with E-state index in [-0.39, 0.29) is 12.3 Å². The molecule has 0 bridgehead atoms. The lowest BCUT2D eigenvalue weighted by atomic mass is 10.1. The molecule has 0 aromatic heterocycles. The van der Waals surface area contributed by atoms with E-state index in [1.807, 2.05) is 0 Å². The van der Waals surface area contributed by atoms with E-state index in [1.165, 1.54) is 83.5 Å². The van der Waals surface area contributed by atoms with Gasteiger partial charge < -0.3 is 17.4 Å². The zero-order chi connectivity index (χ0) is 18.5. The van der Waals surface area contributed by atoms with Gasteiger partial charge in [0.15, 0.2) is 0 Å². The van der Waals surface area contributed by atoms with Gasteiger partial charge in [-0.25, -0.2) is 0 Å². The van der Waals surface area contributed by atoms with Gasteiger partial charge in [-0.1, -0.05) is 76.9 Å². The van der Waals surface area contributed by atoms with Gasteiger partial charge in [-0.15, -0.1) is 0 Å². The highest BCUT2D eigenvalue weighted by Crippen LogP contribution is 2.09. The maximum atomic E-state index is 8.74. The summed E-state index contributed by atoms with van der Waals surface area (Å²) in [4.78, 5) is 0. The third-order valence-corrected chi connectivity index (χ3v) is 3.67. The molecule has 0 rings (SSSR count). The van der Waals surface area contributed by atoms with Gasteiger partial charge in [0.05, 0.1) is 0 Å². The van der Waals surface area contributed by atoms with Gasteiger partial charge >= 0.3 is 10.4 Å².